The minimum absolute atomic E-state index is 0.0276. The fraction of sp³-hybridized carbons (Fsp3) is 0.200. The van der Waals surface area contributed by atoms with Crippen LogP contribution in [0.3, 0.4) is 0 Å². The van der Waals surface area contributed by atoms with E-state index in [1.54, 1.807) is 30.4 Å². The van der Waals surface area contributed by atoms with Crippen LogP contribution in [-0.4, -0.2) is 27.3 Å². The summed E-state index contributed by atoms with van der Waals surface area (Å²) in [5.74, 6) is 0.800. The van der Waals surface area contributed by atoms with Gasteiger partial charge in [0.05, 0.1) is 17.1 Å². The summed E-state index contributed by atoms with van der Waals surface area (Å²) in [7, 11) is 0. The number of aromatic nitrogens is 2. The molecule has 0 saturated carbocycles. The average molecular weight is 386 g/mol. The maximum atomic E-state index is 12.7. The van der Waals surface area contributed by atoms with Crippen molar-refractivity contribution in [3.8, 4) is 0 Å². The SMILES string of the molecule is O=C(/C=C/c1ccc(Cl)cc1Cl)N1CCC[C@@H]1c1nc2ccccc2[nH]1. The number of rotatable bonds is 3. The summed E-state index contributed by atoms with van der Waals surface area (Å²) in [5.41, 5.74) is 2.68. The van der Waals surface area contributed by atoms with E-state index in [0.717, 1.165) is 41.8 Å². The van der Waals surface area contributed by atoms with Crippen molar-refractivity contribution in [1.82, 2.24) is 14.9 Å². The Bertz CT molecular complexity index is 963. The number of benzene rings is 2. The molecule has 0 aliphatic carbocycles. The van der Waals surface area contributed by atoms with E-state index in [1.807, 2.05) is 29.2 Å². The summed E-state index contributed by atoms with van der Waals surface area (Å²) in [6.07, 6.45) is 5.16. The van der Waals surface area contributed by atoms with E-state index in [9.17, 15) is 4.79 Å². The van der Waals surface area contributed by atoms with Gasteiger partial charge in [-0.15, -0.1) is 0 Å². The molecule has 1 saturated heterocycles. The van der Waals surface area contributed by atoms with E-state index >= 15 is 0 Å². The molecule has 4 nitrogen and oxygen atoms in total. The molecule has 0 spiro atoms. The highest BCUT2D eigenvalue weighted by molar-refractivity contribution is 6.35. The van der Waals surface area contributed by atoms with Gasteiger partial charge in [-0.25, -0.2) is 4.98 Å². The van der Waals surface area contributed by atoms with E-state index in [4.69, 9.17) is 23.2 Å². The number of amides is 1. The number of fused-ring (bicyclic) bond motifs is 1. The van der Waals surface area contributed by atoms with Crippen LogP contribution in [-0.2, 0) is 4.79 Å². The first kappa shape index (κ1) is 17.1. The highest BCUT2D eigenvalue weighted by atomic mass is 35.5. The lowest BCUT2D eigenvalue weighted by molar-refractivity contribution is -0.126. The zero-order valence-electron chi connectivity index (χ0n) is 14.0. The van der Waals surface area contributed by atoms with Crippen LogP contribution in [0.5, 0.6) is 0 Å². The summed E-state index contributed by atoms with van der Waals surface area (Å²) in [6, 6.07) is 13.1. The molecule has 0 unspecified atom stereocenters. The summed E-state index contributed by atoms with van der Waals surface area (Å²) >= 11 is 12.1. The van der Waals surface area contributed by atoms with Crippen LogP contribution in [0, 0.1) is 0 Å². The van der Waals surface area contributed by atoms with Crippen LogP contribution in [0.4, 0.5) is 0 Å². The number of hydrogen-bond donors (Lipinski definition) is 1. The van der Waals surface area contributed by atoms with Crippen LogP contribution in [0.15, 0.2) is 48.5 Å². The monoisotopic (exact) mass is 385 g/mol. The van der Waals surface area contributed by atoms with Crippen LogP contribution in [0.25, 0.3) is 17.1 Å². The molecule has 1 aliphatic heterocycles. The van der Waals surface area contributed by atoms with Crippen molar-refractivity contribution in [2.45, 2.75) is 18.9 Å². The van der Waals surface area contributed by atoms with Gasteiger partial charge in [0.15, 0.2) is 0 Å². The van der Waals surface area contributed by atoms with E-state index in [2.05, 4.69) is 9.97 Å². The van der Waals surface area contributed by atoms with Crippen molar-refractivity contribution < 1.29 is 4.79 Å². The highest BCUT2D eigenvalue weighted by Crippen LogP contribution is 2.32. The van der Waals surface area contributed by atoms with Crippen molar-refractivity contribution in [3.05, 3.63) is 70.0 Å². The van der Waals surface area contributed by atoms with E-state index in [-0.39, 0.29) is 11.9 Å². The molecule has 1 N–H and O–H groups in total. The predicted octanol–water partition coefficient (Wildman–Crippen LogP) is 5.25. The van der Waals surface area contributed by atoms with Gasteiger partial charge in [-0.05, 0) is 48.7 Å². The Hall–Kier alpha value is -2.30. The Morgan fingerprint density at radius 2 is 2.08 bits per heavy atom. The van der Waals surface area contributed by atoms with Crippen molar-refractivity contribution in [1.29, 1.82) is 0 Å². The molecule has 3 aromatic rings. The van der Waals surface area contributed by atoms with Crippen LogP contribution in [0.1, 0.15) is 30.3 Å². The maximum Gasteiger partial charge on any atom is 0.247 e. The normalized spacial score (nSPS) is 17.5. The zero-order chi connectivity index (χ0) is 18.1. The first-order valence-corrected chi connectivity index (χ1v) is 9.26. The number of nitrogens with one attached hydrogen (secondary N) is 1. The van der Waals surface area contributed by atoms with E-state index in [1.165, 1.54) is 0 Å². The number of halogens is 2. The first-order valence-electron chi connectivity index (χ1n) is 8.50. The number of para-hydroxylation sites is 2. The lowest BCUT2D eigenvalue weighted by Gasteiger charge is -2.21. The number of aromatic amines is 1. The van der Waals surface area contributed by atoms with Gasteiger partial charge in [-0.2, -0.15) is 0 Å². The summed E-state index contributed by atoms with van der Waals surface area (Å²) in [4.78, 5) is 22.6. The minimum atomic E-state index is -0.0426. The lowest BCUT2D eigenvalue weighted by Crippen LogP contribution is -2.29. The average Bonchev–Trinajstić information content (AvgIpc) is 3.27. The van der Waals surface area contributed by atoms with Crippen molar-refractivity contribution >= 4 is 46.2 Å². The standard InChI is InChI=1S/C20H17Cl2N3O/c21-14-9-7-13(15(22)12-14)8-10-19(26)25-11-3-6-18(25)20-23-16-4-1-2-5-17(16)24-20/h1-2,4-5,7-10,12,18H,3,6,11H2,(H,23,24)/b10-8+/t18-/m1/s1. The van der Waals surface area contributed by atoms with Gasteiger partial charge in [0.2, 0.25) is 5.91 Å². The molecule has 1 aromatic heterocycles. The second kappa shape index (κ2) is 7.14. The third-order valence-corrected chi connectivity index (χ3v) is 5.19. The second-order valence-corrected chi connectivity index (χ2v) is 7.17. The second-order valence-electron chi connectivity index (χ2n) is 6.33. The smallest absolute Gasteiger partial charge is 0.247 e. The van der Waals surface area contributed by atoms with Crippen LogP contribution in [0.2, 0.25) is 10.0 Å². The quantitative estimate of drug-likeness (QED) is 0.626. The molecular weight excluding hydrogens is 369 g/mol. The van der Waals surface area contributed by atoms with Gasteiger partial charge in [-0.3, -0.25) is 4.79 Å². The minimum Gasteiger partial charge on any atom is -0.340 e. The van der Waals surface area contributed by atoms with Crippen molar-refractivity contribution in [3.63, 3.8) is 0 Å². The number of carbonyl (C=O) groups is 1. The van der Waals surface area contributed by atoms with Gasteiger partial charge in [-0.1, -0.05) is 41.4 Å². The molecule has 0 bridgehead atoms. The molecule has 2 aromatic carbocycles. The third-order valence-electron chi connectivity index (χ3n) is 4.63. The molecule has 1 fully saturated rings. The van der Waals surface area contributed by atoms with Crippen LogP contribution >= 0.6 is 23.2 Å². The molecule has 1 aliphatic rings. The molecule has 1 atom stereocenters. The Morgan fingerprint density at radius 1 is 1.23 bits per heavy atom. The molecular formula is C20H17Cl2N3O. The van der Waals surface area contributed by atoms with Gasteiger partial charge in [0, 0.05) is 22.7 Å². The number of H-pyrrole nitrogens is 1. The molecule has 26 heavy (non-hydrogen) atoms. The largest absolute Gasteiger partial charge is 0.340 e. The third kappa shape index (κ3) is 3.35. The number of likely N-dealkylation sites (tertiary alicyclic amines) is 1. The van der Waals surface area contributed by atoms with Gasteiger partial charge in [0.25, 0.3) is 0 Å². The van der Waals surface area contributed by atoms with Gasteiger partial charge in [0.1, 0.15) is 5.82 Å². The Morgan fingerprint density at radius 3 is 2.88 bits per heavy atom. The number of imidazole rings is 1. The summed E-state index contributed by atoms with van der Waals surface area (Å²) in [6.45, 7) is 0.721. The number of carbonyl (C=O) groups excluding carboxylic acids is 1. The molecule has 0 radical (unpaired) electrons. The van der Waals surface area contributed by atoms with Gasteiger partial charge >= 0.3 is 0 Å². The molecule has 6 heteroatoms. The fourth-order valence-electron chi connectivity index (χ4n) is 3.34. The van der Waals surface area contributed by atoms with Crippen molar-refractivity contribution in [2.75, 3.05) is 6.54 Å². The van der Waals surface area contributed by atoms with Crippen molar-refractivity contribution in [2.24, 2.45) is 0 Å². The summed E-state index contributed by atoms with van der Waals surface area (Å²) < 4.78 is 0. The first-order chi connectivity index (χ1) is 12.6. The lowest BCUT2D eigenvalue weighted by atomic mass is 10.2. The Labute approximate surface area is 161 Å². The Kier molecular flexibility index (Phi) is 4.70. The molecule has 1 amide bonds. The topological polar surface area (TPSA) is 49.0 Å². The number of nitrogens with zero attached hydrogens (tertiary/aromatic N) is 2. The fourth-order valence-corrected chi connectivity index (χ4v) is 3.81. The van der Waals surface area contributed by atoms with Gasteiger partial charge < -0.3 is 9.88 Å². The van der Waals surface area contributed by atoms with E-state index < -0.39 is 0 Å². The molecule has 132 valence electrons. The Balaban J connectivity index is 1.55. The molecule has 4 rings (SSSR count). The highest BCUT2D eigenvalue weighted by Gasteiger charge is 2.31. The van der Waals surface area contributed by atoms with Crippen LogP contribution < -0.4 is 0 Å². The summed E-state index contributed by atoms with van der Waals surface area (Å²) in [5, 5.41) is 1.10. The predicted molar refractivity (Wildman–Crippen MR) is 105 cm³/mol. The number of hydrogen-bond acceptors (Lipinski definition) is 2. The zero-order valence-corrected chi connectivity index (χ0v) is 15.5. The molecule has 2 heterocycles. The maximum absolute atomic E-state index is 12.7. The van der Waals surface area contributed by atoms with E-state index in [0.29, 0.717) is 10.0 Å².